The zero-order chi connectivity index (χ0) is 14.7. The highest BCUT2D eigenvalue weighted by Gasteiger charge is 2.15. The number of carboxylic acid groups (broad SMARTS) is 1. The fourth-order valence-corrected chi connectivity index (χ4v) is 1.78. The van der Waals surface area contributed by atoms with Gasteiger partial charge < -0.3 is 10.4 Å². The number of rotatable bonds is 3. The molecule has 0 radical (unpaired) electrons. The van der Waals surface area contributed by atoms with Gasteiger partial charge in [0.15, 0.2) is 0 Å². The number of amides is 1. The average molecular weight is 273 g/mol. The first-order valence-electron chi connectivity index (χ1n) is 5.89. The Morgan fingerprint density at radius 1 is 1.10 bits per heavy atom. The molecule has 0 atom stereocenters. The zero-order valence-electron chi connectivity index (χ0n) is 10.7. The average Bonchev–Trinajstić information content (AvgIpc) is 2.41. The smallest absolute Gasteiger partial charge is 0.337 e. The van der Waals surface area contributed by atoms with E-state index in [1.807, 2.05) is 0 Å². The topological polar surface area (TPSA) is 66.4 Å². The van der Waals surface area contributed by atoms with Crippen LogP contribution in [0.3, 0.4) is 0 Å². The Labute approximate surface area is 114 Å². The van der Waals surface area contributed by atoms with Crippen molar-refractivity contribution in [2.24, 2.45) is 0 Å². The van der Waals surface area contributed by atoms with Gasteiger partial charge in [-0.05, 0) is 31.2 Å². The van der Waals surface area contributed by atoms with E-state index in [1.54, 1.807) is 13.0 Å². The lowest BCUT2D eigenvalue weighted by molar-refractivity contribution is 0.0698. The molecular formula is C15H12FNO3. The molecule has 0 fully saturated rings. The molecule has 5 heteroatoms. The van der Waals surface area contributed by atoms with E-state index in [0.717, 1.165) is 5.56 Å². The van der Waals surface area contributed by atoms with Gasteiger partial charge in [-0.1, -0.05) is 23.8 Å². The molecule has 0 saturated carbocycles. The highest BCUT2D eigenvalue weighted by molar-refractivity contribution is 6.07. The van der Waals surface area contributed by atoms with Gasteiger partial charge in [0.05, 0.1) is 16.8 Å². The summed E-state index contributed by atoms with van der Waals surface area (Å²) in [5.74, 6) is -2.50. The number of benzene rings is 2. The van der Waals surface area contributed by atoms with Crippen molar-refractivity contribution in [2.75, 3.05) is 5.32 Å². The summed E-state index contributed by atoms with van der Waals surface area (Å²) in [5, 5.41) is 11.5. The Balaban J connectivity index is 2.33. The van der Waals surface area contributed by atoms with Crippen LogP contribution in [0.2, 0.25) is 0 Å². The monoisotopic (exact) mass is 273 g/mol. The van der Waals surface area contributed by atoms with Crippen molar-refractivity contribution in [1.29, 1.82) is 0 Å². The molecule has 0 spiro atoms. The molecule has 0 aliphatic carbocycles. The molecule has 2 rings (SSSR count). The second-order valence-electron chi connectivity index (χ2n) is 4.29. The van der Waals surface area contributed by atoms with Crippen molar-refractivity contribution >= 4 is 17.6 Å². The lowest BCUT2D eigenvalue weighted by Crippen LogP contribution is -2.16. The van der Waals surface area contributed by atoms with E-state index in [-0.39, 0.29) is 16.8 Å². The zero-order valence-corrected chi connectivity index (χ0v) is 10.7. The van der Waals surface area contributed by atoms with Crippen LogP contribution in [0.5, 0.6) is 0 Å². The molecule has 2 N–H and O–H groups in total. The molecule has 0 aromatic heterocycles. The summed E-state index contributed by atoms with van der Waals surface area (Å²) >= 11 is 0. The Hall–Kier alpha value is -2.69. The van der Waals surface area contributed by atoms with Crippen LogP contribution in [0, 0.1) is 12.7 Å². The van der Waals surface area contributed by atoms with E-state index in [1.165, 1.54) is 36.4 Å². The predicted octanol–water partition coefficient (Wildman–Crippen LogP) is 3.08. The van der Waals surface area contributed by atoms with Crippen molar-refractivity contribution in [3.05, 3.63) is 65.0 Å². The number of aryl methyl sites for hydroxylation is 1. The number of nitrogens with one attached hydrogen (secondary N) is 1. The summed E-state index contributed by atoms with van der Waals surface area (Å²) in [6.45, 7) is 1.74. The summed E-state index contributed by atoms with van der Waals surface area (Å²) in [5.41, 5.74) is 0.724. The van der Waals surface area contributed by atoms with Gasteiger partial charge in [-0.15, -0.1) is 0 Å². The highest BCUT2D eigenvalue weighted by atomic mass is 19.1. The number of carbonyl (C=O) groups is 2. The maximum absolute atomic E-state index is 13.5. The van der Waals surface area contributed by atoms with Gasteiger partial charge in [-0.25, -0.2) is 9.18 Å². The molecule has 0 aliphatic heterocycles. The fraction of sp³-hybridized carbons (Fsp3) is 0.0667. The van der Waals surface area contributed by atoms with Crippen LogP contribution in [0.1, 0.15) is 26.3 Å². The van der Waals surface area contributed by atoms with Crippen LogP contribution >= 0.6 is 0 Å². The van der Waals surface area contributed by atoms with E-state index in [9.17, 15) is 14.0 Å². The molecular weight excluding hydrogens is 261 g/mol. The third-order valence-electron chi connectivity index (χ3n) is 2.77. The minimum Gasteiger partial charge on any atom is -0.478 e. The maximum atomic E-state index is 13.5. The molecule has 102 valence electrons. The van der Waals surface area contributed by atoms with Gasteiger partial charge in [-0.3, -0.25) is 4.79 Å². The molecule has 0 unspecified atom stereocenters. The Kier molecular flexibility index (Phi) is 3.79. The first-order valence-corrected chi connectivity index (χ1v) is 5.89. The van der Waals surface area contributed by atoms with Crippen molar-refractivity contribution in [3.8, 4) is 0 Å². The third kappa shape index (κ3) is 2.83. The second kappa shape index (κ2) is 5.52. The molecule has 4 nitrogen and oxygen atoms in total. The number of hydrogen-bond acceptors (Lipinski definition) is 2. The molecule has 1 amide bonds. The van der Waals surface area contributed by atoms with E-state index < -0.39 is 17.7 Å². The summed E-state index contributed by atoms with van der Waals surface area (Å²) in [6, 6.07) is 10.1. The van der Waals surface area contributed by atoms with Gasteiger partial charge in [0.1, 0.15) is 5.82 Å². The van der Waals surface area contributed by atoms with Crippen LogP contribution in [0.15, 0.2) is 42.5 Å². The standard InChI is InChI=1S/C15H12FNO3/c1-9-6-7-13(11(8-9)15(19)20)17-14(18)10-4-2-3-5-12(10)16/h2-8H,1H3,(H,17,18)(H,19,20). The van der Waals surface area contributed by atoms with Gasteiger partial charge in [0.25, 0.3) is 5.91 Å². The third-order valence-corrected chi connectivity index (χ3v) is 2.77. The summed E-state index contributed by atoms with van der Waals surface area (Å²) in [4.78, 5) is 23.1. The van der Waals surface area contributed by atoms with Crippen LogP contribution in [0.25, 0.3) is 0 Å². The normalized spacial score (nSPS) is 10.1. The molecule has 0 saturated heterocycles. The molecule has 0 aliphatic rings. The quantitative estimate of drug-likeness (QED) is 0.903. The summed E-state index contributed by atoms with van der Waals surface area (Å²) in [6.07, 6.45) is 0. The van der Waals surface area contributed by atoms with Crippen molar-refractivity contribution in [2.45, 2.75) is 6.92 Å². The van der Waals surface area contributed by atoms with Crippen LogP contribution < -0.4 is 5.32 Å². The number of hydrogen-bond donors (Lipinski definition) is 2. The first kappa shape index (κ1) is 13.7. The van der Waals surface area contributed by atoms with E-state index in [4.69, 9.17) is 5.11 Å². The number of carboxylic acids is 1. The second-order valence-corrected chi connectivity index (χ2v) is 4.29. The highest BCUT2D eigenvalue weighted by Crippen LogP contribution is 2.19. The van der Waals surface area contributed by atoms with Crippen LogP contribution in [-0.2, 0) is 0 Å². The Morgan fingerprint density at radius 3 is 2.45 bits per heavy atom. The summed E-state index contributed by atoms with van der Waals surface area (Å²) < 4.78 is 13.5. The lowest BCUT2D eigenvalue weighted by Gasteiger charge is -2.09. The fourth-order valence-electron chi connectivity index (χ4n) is 1.78. The minimum atomic E-state index is -1.16. The molecule has 2 aromatic carbocycles. The van der Waals surface area contributed by atoms with Crippen molar-refractivity contribution in [1.82, 2.24) is 0 Å². The van der Waals surface area contributed by atoms with Crippen molar-refractivity contribution in [3.63, 3.8) is 0 Å². The Bertz CT molecular complexity index is 683. The maximum Gasteiger partial charge on any atom is 0.337 e. The SMILES string of the molecule is Cc1ccc(NC(=O)c2ccccc2F)c(C(=O)O)c1. The van der Waals surface area contributed by atoms with E-state index >= 15 is 0 Å². The van der Waals surface area contributed by atoms with Crippen molar-refractivity contribution < 1.29 is 19.1 Å². The molecule has 0 bridgehead atoms. The molecule has 2 aromatic rings. The lowest BCUT2D eigenvalue weighted by atomic mass is 10.1. The number of halogens is 1. The largest absolute Gasteiger partial charge is 0.478 e. The van der Waals surface area contributed by atoms with Crippen LogP contribution in [0.4, 0.5) is 10.1 Å². The summed E-state index contributed by atoms with van der Waals surface area (Å²) in [7, 11) is 0. The minimum absolute atomic E-state index is 0.0327. The van der Waals surface area contributed by atoms with Crippen LogP contribution in [-0.4, -0.2) is 17.0 Å². The van der Waals surface area contributed by atoms with Gasteiger partial charge in [-0.2, -0.15) is 0 Å². The number of anilines is 1. The Morgan fingerprint density at radius 2 is 1.80 bits per heavy atom. The van der Waals surface area contributed by atoms with E-state index in [0.29, 0.717) is 0 Å². The first-order chi connectivity index (χ1) is 9.49. The predicted molar refractivity (Wildman–Crippen MR) is 72.5 cm³/mol. The molecule has 20 heavy (non-hydrogen) atoms. The molecule has 0 heterocycles. The van der Waals surface area contributed by atoms with Gasteiger partial charge in [0.2, 0.25) is 0 Å². The number of carbonyl (C=O) groups excluding carboxylic acids is 1. The van der Waals surface area contributed by atoms with Gasteiger partial charge >= 0.3 is 5.97 Å². The van der Waals surface area contributed by atoms with Gasteiger partial charge in [0, 0.05) is 0 Å². The van der Waals surface area contributed by atoms with E-state index in [2.05, 4.69) is 5.32 Å². The number of aromatic carboxylic acids is 1.